The van der Waals surface area contributed by atoms with Crippen LogP contribution in [0.1, 0.15) is 40.3 Å². The SMILES string of the molecule is [N-]=[N+]=NCc1ccccc1C[C@@]1(C(=O)NCc2cc(F)cc(F)c2)N=C(c2ccc(OCCCO)cc2)O[C@@H]1c1ccc(-c2ccccc2)cc1. The summed E-state index contributed by atoms with van der Waals surface area (Å²) in [5.74, 6) is -1.23. The number of carbonyl (C=O) groups is 1. The Bertz CT molecular complexity index is 2030. The fourth-order valence-electron chi connectivity index (χ4n) is 6.09. The maximum atomic E-state index is 14.7. The minimum atomic E-state index is -1.61. The Morgan fingerprint density at radius 2 is 1.53 bits per heavy atom. The van der Waals surface area contributed by atoms with Gasteiger partial charge < -0.3 is 19.9 Å². The highest BCUT2D eigenvalue weighted by atomic mass is 19.1. The predicted molar refractivity (Wildman–Crippen MR) is 190 cm³/mol. The Kier molecular flexibility index (Phi) is 11.0. The Morgan fingerprint density at radius 1 is 0.882 bits per heavy atom. The van der Waals surface area contributed by atoms with E-state index >= 15 is 0 Å². The highest BCUT2D eigenvalue weighted by Gasteiger charge is 2.53. The number of aliphatic hydroxyl groups is 1. The lowest BCUT2D eigenvalue weighted by Gasteiger charge is -2.31. The summed E-state index contributed by atoms with van der Waals surface area (Å²) in [6.45, 7) is 0.251. The van der Waals surface area contributed by atoms with Crippen molar-refractivity contribution in [2.45, 2.75) is 37.6 Å². The molecule has 258 valence electrons. The maximum Gasteiger partial charge on any atom is 0.252 e. The van der Waals surface area contributed by atoms with E-state index in [1.165, 1.54) is 0 Å². The molecule has 1 heterocycles. The van der Waals surface area contributed by atoms with E-state index < -0.39 is 29.2 Å². The first kappa shape index (κ1) is 34.8. The average molecular weight is 688 g/mol. The van der Waals surface area contributed by atoms with Gasteiger partial charge in [-0.25, -0.2) is 13.8 Å². The van der Waals surface area contributed by atoms with Gasteiger partial charge in [-0.15, -0.1) is 0 Å². The quantitative estimate of drug-likeness (QED) is 0.0530. The fourth-order valence-corrected chi connectivity index (χ4v) is 6.09. The summed E-state index contributed by atoms with van der Waals surface area (Å²) in [5, 5.41) is 15.8. The third kappa shape index (κ3) is 8.24. The molecule has 6 rings (SSSR count). The number of nitrogens with one attached hydrogen (secondary N) is 1. The van der Waals surface area contributed by atoms with Crippen molar-refractivity contribution in [3.63, 3.8) is 0 Å². The van der Waals surface area contributed by atoms with Crippen LogP contribution < -0.4 is 10.1 Å². The molecule has 0 saturated heterocycles. The molecule has 0 unspecified atom stereocenters. The largest absolute Gasteiger partial charge is 0.494 e. The van der Waals surface area contributed by atoms with E-state index in [9.17, 15) is 13.6 Å². The normalized spacial score (nSPS) is 16.5. The molecule has 0 bridgehead atoms. The van der Waals surface area contributed by atoms with Gasteiger partial charge in [0.2, 0.25) is 5.90 Å². The van der Waals surface area contributed by atoms with Gasteiger partial charge in [-0.3, -0.25) is 4.79 Å². The number of aliphatic hydroxyl groups excluding tert-OH is 1. The molecular weight excluding hydrogens is 652 g/mol. The number of amides is 1. The summed E-state index contributed by atoms with van der Waals surface area (Å²) in [6, 6.07) is 35.1. The van der Waals surface area contributed by atoms with Gasteiger partial charge in [0.1, 0.15) is 17.4 Å². The second kappa shape index (κ2) is 16.1. The van der Waals surface area contributed by atoms with Gasteiger partial charge in [0.05, 0.1) is 13.2 Å². The molecule has 1 aliphatic heterocycles. The Hall–Kier alpha value is -6.03. The number of hydrogen-bond donors (Lipinski definition) is 2. The van der Waals surface area contributed by atoms with Crippen molar-refractivity contribution in [3.8, 4) is 16.9 Å². The topological polar surface area (TPSA) is 129 Å². The van der Waals surface area contributed by atoms with Crippen LogP contribution in [0.3, 0.4) is 0 Å². The molecule has 1 aliphatic rings. The first-order chi connectivity index (χ1) is 24.9. The fraction of sp³-hybridized carbons (Fsp3) is 0.200. The number of ether oxygens (including phenoxy) is 2. The third-order valence-corrected chi connectivity index (χ3v) is 8.61. The molecule has 2 atom stereocenters. The molecule has 0 fully saturated rings. The number of azide groups is 1. The van der Waals surface area contributed by atoms with Crippen molar-refractivity contribution in [2.75, 3.05) is 13.2 Å². The van der Waals surface area contributed by atoms with E-state index in [2.05, 4.69) is 15.3 Å². The molecule has 0 aromatic heterocycles. The van der Waals surface area contributed by atoms with Gasteiger partial charge in [-0.05, 0) is 75.3 Å². The Balaban J connectivity index is 1.44. The summed E-state index contributed by atoms with van der Waals surface area (Å²) >= 11 is 0. The Morgan fingerprint density at radius 3 is 2.22 bits per heavy atom. The summed E-state index contributed by atoms with van der Waals surface area (Å²) in [6.07, 6.45) is -0.400. The minimum Gasteiger partial charge on any atom is -0.494 e. The molecule has 5 aromatic rings. The predicted octanol–water partition coefficient (Wildman–Crippen LogP) is 8.02. The van der Waals surface area contributed by atoms with Crippen LogP contribution in [0.5, 0.6) is 5.75 Å². The van der Waals surface area contributed by atoms with Crippen LogP contribution in [0.25, 0.3) is 21.6 Å². The second-order valence-corrected chi connectivity index (χ2v) is 12.1. The highest BCUT2D eigenvalue weighted by molar-refractivity contribution is 6.01. The molecule has 0 spiro atoms. The number of aliphatic imine (C=N–C) groups is 1. The molecule has 11 heteroatoms. The number of hydrogen-bond acceptors (Lipinski definition) is 6. The first-order valence-electron chi connectivity index (χ1n) is 16.5. The number of rotatable bonds is 14. The van der Waals surface area contributed by atoms with Crippen LogP contribution in [-0.2, 0) is 29.0 Å². The molecule has 0 saturated carbocycles. The molecule has 2 N–H and O–H groups in total. The van der Waals surface area contributed by atoms with Gasteiger partial charge in [-0.1, -0.05) is 84.0 Å². The average Bonchev–Trinajstić information content (AvgIpc) is 3.54. The van der Waals surface area contributed by atoms with Crippen LogP contribution in [0.2, 0.25) is 0 Å². The van der Waals surface area contributed by atoms with Crippen molar-refractivity contribution < 1.29 is 28.2 Å². The third-order valence-electron chi connectivity index (χ3n) is 8.61. The van der Waals surface area contributed by atoms with E-state index in [4.69, 9.17) is 25.1 Å². The van der Waals surface area contributed by atoms with Crippen molar-refractivity contribution in [1.82, 2.24) is 5.32 Å². The standard InChI is InChI=1S/C40H35F2N5O4/c41-34-21-27(22-35(42)23-34)25-44-39(49)40(24-32-9-4-5-10-33(32)26-45-47-43)37(30-13-11-29(12-14-30)28-7-2-1-3-8-28)51-38(46-40)31-15-17-36(18-16-31)50-20-6-19-48/h1-5,7-18,21-23,37,48H,6,19-20,24-26H2,(H,44,49)/t37-,40-/m1/s1. The first-order valence-corrected chi connectivity index (χ1v) is 16.5. The number of carbonyl (C=O) groups excluding carboxylic acids is 1. The van der Waals surface area contributed by atoms with E-state index in [1.54, 1.807) is 24.3 Å². The lowest BCUT2D eigenvalue weighted by atomic mass is 9.80. The van der Waals surface area contributed by atoms with E-state index in [-0.39, 0.29) is 37.6 Å². The van der Waals surface area contributed by atoms with Gasteiger partial charge >= 0.3 is 0 Å². The molecule has 51 heavy (non-hydrogen) atoms. The molecule has 0 aliphatic carbocycles. The number of halogens is 2. The van der Waals surface area contributed by atoms with Crippen LogP contribution in [-0.4, -0.2) is 35.7 Å². The zero-order valence-electron chi connectivity index (χ0n) is 27.6. The van der Waals surface area contributed by atoms with Crippen LogP contribution in [0, 0.1) is 11.6 Å². The second-order valence-electron chi connectivity index (χ2n) is 12.1. The Labute approximate surface area is 293 Å². The lowest BCUT2D eigenvalue weighted by Crippen LogP contribution is -2.49. The van der Waals surface area contributed by atoms with Gasteiger partial charge in [0.25, 0.3) is 5.91 Å². The molecule has 9 nitrogen and oxygen atoms in total. The van der Waals surface area contributed by atoms with Crippen molar-refractivity contribution >= 4 is 11.8 Å². The van der Waals surface area contributed by atoms with Gasteiger partial charge in [-0.2, -0.15) is 0 Å². The number of nitrogens with zero attached hydrogens (tertiary/aromatic N) is 4. The lowest BCUT2D eigenvalue weighted by molar-refractivity contribution is -0.129. The maximum absolute atomic E-state index is 14.7. The summed E-state index contributed by atoms with van der Waals surface area (Å²) in [5.41, 5.74) is 12.4. The van der Waals surface area contributed by atoms with Crippen molar-refractivity contribution in [3.05, 3.63) is 171 Å². The molecule has 5 aromatic carbocycles. The zero-order valence-corrected chi connectivity index (χ0v) is 27.6. The van der Waals surface area contributed by atoms with Crippen molar-refractivity contribution in [2.24, 2.45) is 10.1 Å². The van der Waals surface area contributed by atoms with E-state index in [0.717, 1.165) is 29.3 Å². The molecular formula is C40H35F2N5O4. The molecule has 0 radical (unpaired) electrons. The van der Waals surface area contributed by atoms with E-state index in [1.807, 2.05) is 78.9 Å². The van der Waals surface area contributed by atoms with Crippen molar-refractivity contribution in [1.29, 1.82) is 0 Å². The van der Waals surface area contributed by atoms with E-state index in [0.29, 0.717) is 41.0 Å². The summed E-state index contributed by atoms with van der Waals surface area (Å²) in [4.78, 5) is 22.7. The minimum absolute atomic E-state index is 0.0146. The number of benzene rings is 5. The van der Waals surface area contributed by atoms with Crippen LogP contribution in [0.4, 0.5) is 8.78 Å². The molecule has 1 amide bonds. The summed E-state index contributed by atoms with van der Waals surface area (Å²) < 4.78 is 40.6. The highest BCUT2D eigenvalue weighted by Crippen LogP contribution is 2.43. The van der Waals surface area contributed by atoms with Crippen LogP contribution in [0.15, 0.2) is 131 Å². The zero-order chi connectivity index (χ0) is 35.6. The summed E-state index contributed by atoms with van der Waals surface area (Å²) in [7, 11) is 0. The smallest absolute Gasteiger partial charge is 0.252 e. The van der Waals surface area contributed by atoms with Crippen LogP contribution >= 0.6 is 0 Å². The van der Waals surface area contributed by atoms with Gasteiger partial charge in [0.15, 0.2) is 11.6 Å². The monoisotopic (exact) mass is 687 g/mol. The van der Waals surface area contributed by atoms with Gasteiger partial charge in [0, 0.05) is 42.5 Å².